The fourth-order valence-electron chi connectivity index (χ4n) is 1.94. The molecule has 2 atom stereocenters. The van der Waals surface area contributed by atoms with E-state index in [4.69, 9.17) is 5.73 Å². The van der Waals surface area contributed by atoms with E-state index >= 15 is 0 Å². The van der Waals surface area contributed by atoms with Crippen LogP contribution >= 0.6 is 0 Å². The van der Waals surface area contributed by atoms with Gasteiger partial charge in [-0.25, -0.2) is 0 Å². The Morgan fingerprint density at radius 1 is 1.50 bits per heavy atom. The van der Waals surface area contributed by atoms with Crippen LogP contribution in [-0.4, -0.2) is 18.5 Å². The Bertz CT molecular complexity index is 159. The molecule has 1 saturated carbocycles. The topological polar surface area (TPSA) is 55.1 Å². The quantitative estimate of drug-likeness (QED) is 0.639. The summed E-state index contributed by atoms with van der Waals surface area (Å²) in [6.07, 6.45) is 4.75. The van der Waals surface area contributed by atoms with Gasteiger partial charge in [-0.2, -0.15) is 0 Å². The summed E-state index contributed by atoms with van der Waals surface area (Å²) in [5, 5.41) is 2.96. The summed E-state index contributed by atoms with van der Waals surface area (Å²) in [5.41, 5.74) is 5.62. The smallest absolute Gasteiger partial charge is 0.217 e. The first-order valence-electron chi connectivity index (χ1n) is 4.71. The van der Waals surface area contributed by atoms with E-state index < -0.39 is 0 Å². The molecule has 0 heterocycles. The number of rotatable bonds is 2. The number of hydrogen-bond acceptors (Lipinski definition) is 2. The minimum absolute atomic E-state index is 0.0698. The average molecular weight is 170 g/mol. The Hall–Kier alpha value is -0.570. The zero-order valence-electron chi connectivity index (χ0n) is 7.68. The highest BCUT2D eigenvalue weighted by Crippen LogP contribution is 2.23. The molecule has 3 N–H and O–H groups in total. The molecule has 1 aliphatic rings. The average Bonchev–Trinajstić information content (AvgIpc) is 2.04. The minimum Gasteiger partial charge on any atom is -0.353 e. The Morgan fingerprint density at radius 2 is 2.17 bits per heavy atom. The number of amides is 1. The van der Waals surface area contributed by atoms with Crippen molar-refractivity contribution < 1.29 is 4.79 Å². The highest BCUT2D eigenvalue weighted by molar-refractivity contribution is 5.73. The van der Waals surface area contributed by atoms with Gasteiger partial charge in [0.05, 0.1) is 0 Å². The summed E-state index contributed by atoms with van der Waals surface area (Å²) in [4.78, 5) is 10.8. The van der Waals surface area contributed by atoms with Crippen LogP contribution in [0.2, 0.25) is 0 Å². The van der Waals surface area contributed by atoms with Crippen LogP contribution in [0.5, 0.6) is 0 Å². The van der Waals surface area contributed by atoms with Crippen LogP contribution in [0, 0.1) is 5.92 Å². The van der Waals surface area contributed by atoms with Crippen LogP contribution in [-0.2, 0) is 4.79 Å². The lowest BCUT2D eigenvalue weighted by Crippen LogP contribution is -2.43. The van der Waals surface area contributed by atoms with E-state index in [1.165, 1.54) is 19.3 Å². The van der Waals surface area contributed by atoms with Crippen molar-refractivity contribution in [3.63, 3.8) is 0 Å². The van der Waals surface area contributed by atoms with E-state index in [2.05, 4.69) is 5.32 Å². The molecular weight excluding hydrogens is 152 g/mol. The van der Waals surface area contributed by atoms with Gasteiger partial charge < -0.3 is 11.1 Å². The summed E-state index contributed by atoms with van der Waals surface area (Å²) < 4.78 is 0. The highest BCUT2D eigenvalue weighted by atomic mass is 16.1. The van der Waals surface area contributed by atoms with Crippen LogP contribution < -0.4 is 11.1 Å². The fraction of sp³-hybridized carbons (Fsp3) is 0.889. The lowest BCUT2D eigenvalue weighted by atomic mass is 9.84. The first-order valence-corrected chi connectivity index (χ1v) is 4.71. The van der Waals surface area contributed by atoms with Crippen molar-refractivity contribution >= 4 is 5.91 Å². The monoisotopic (exact) mass is 170 g/mol. The summed E-state index contributed by atoms with van der Waals surface area (Å²) in [5.74, 6) is 0.572. The van der Waals surface area contributed by atoms with Crippen molar-refractivity contribution in [3.8, 4) is 0 Å². The van der Waals surface area contributed by atoms with Gasteiger partial charge in [-0.3, -0.25) is 4.79 Å². The van der Waals surface area contributed by atoms with Gasteiger partial charge >= 0.3 is 0 Å². The molecule has 0 aromatic carbocycles. The Kier molecular flexibility index (Phi) is 3.53. The largest absolute Gasteiger partial charge is 0.353 e. The van der Waals surface area contributed by atoms with Gasteiger partial charge in [0.1, 0.15) is 0 Å². The first kappa shape index (κ1) is 9.52. The minimum atomic E-state index is 0.0698. The Balaban J connectivity index is 2.41. The van der Waals surface area contributed by atoms with Crippen molar-refractivity contribution in [3.05, 3.63) is 0 Å². The SMILES string of the molecule is CC(=O)NC1CCCCC1CN. The van der Waals surface area contributed by atoms with Crippen LogP contribution in [0.15, 0.2) is 0 Å². The molecule has 1 fully saturated rings. The van der Waals surface area contributed by atoms with Crippen LogP contribution in [0.4, 0.5) is 0 Å². The molecule has 3 nitrogen and oxygen atoms in total. The van der Waals surface area contributed by atoms with Gasteiger partial charge in [0.2, 0.25) is 5.91 Å². The summed E-state index contributed by atoms with van der Waals surface area (Å²) in [7, 11) is 0. The molecule has 0 aliphatic heterocycles. The van der Waals surface area contributed by atoms with Crippen molar-refractivity contribution in [1.82, 2.24) is 5.32 Å². The molecule has 70 valence electrons. The molecule has 1 amide bonds. The first-order chi connectivity index (χ1) is 5.74. The highest BCUT2D eigenvalue weighted by Gasteiger charge is 2.23. The van der Waals surface area contributed by atoms with Gasteiger partial charge in [0.25, 0.3) is 0 Å². The predicted octanol–water partition coefficient (Wildman–Crippen LogP) is 0.640. The molecule has 1 rings (SSSR count). The maximum atomic E-state index is 10.8. The van der Waals surface area contributed by atoms with Crippen molar-refractivity contribution in [1.29, 1.82) is 0 Å². The van der Waals surface area contributed by atoms with Crippen molar-refractivity contribution in [2.75, 3.05) is 6.54 Å². The fourth-order valence-corrected chi connectivity index (χ4v) is 1.94. The number of nitrogens with two attached hydrogens (primary N) is 1. The second kappa shape index (κ2) is 4.45. The molecule has 0 aromatic rings. The van der Waals surface area contributed by atoms with Crippen LogP contribution in [0.1, 0.15) is 32.6 Å². The second-order valence-electron chi connectivity index (χ2n) is 3.59. The molecule has 2 unspecified atom stereocenters. The maximum Gasteiger partial charge on any atom is 0.217 e. The third-order valence-corrected chi connectivity index (χ3v) is 2.60. The van der Waals surface area contributed by atoms with Gasteiger partial charge in [-0.1, -0.05) is 12.8 Å². The standard InChI is InChI=1S/C9H18N2O/c1-7(12)11-9-5-3-2-4-8(9)6-10/h8-9H,2-6,10H2,1H3,(H,11,12). The molecule has 0 radical (unpaired) electrons. The molecule has 3 heteroatoms. The summed E-state index contributed by atoms with van der Waals surface area (Å²) in [6.45, 7) is 2.27. The third-order valence-electron chi connectivity index (χ3n) is 2.60. The molecule has 0 bridgehead atoms. The van der Waals surface area contributed by atoms with E-state index in [1.807, 2.05) is 0 Å². The lowest BCUT2D eigenvalue weighted by molar-refractivity contribution is -0.120. The van der Waals surface area contributed by atoms with Crippen LogP contribution in [0.3, 0.4) is 0 Å². The Morgan fingerprint density at radius 3 is 2.75 bits per heavy atom. The molecule has 0 aromatic heterocycles. The van der Waals surface area contributed by atoms with Gasteiger partial charge in [-0.15, -0.1) is 0 Å². The van der Waals surface area contributed by atoms with Gasteiger partial charge in [0, 0.05) is 13.0 Å². The normalized spacial score (nSPS) is 29.8. The van der Waals surface area contributed by atoms with Crippen molar-refractivity contribution in [2.24, 2.45) is 11.7 Å². The van der Waals surface area contributed by atoms with E-state index in [0.717, 1.165) is 6.42 Å². The van der Waals surface area contributed by atoms with E-state index in [0.29, 0.717) is 18.5 Å². The number of nitrogens with one attached hydrogen (secondary N) is 1. The molecule has 0 saturated heterocycles. The molecule has 1 aliphatic carbocycles. The zero-order chi connectivity index (χ0) is 8.97. The third kappa shape index (κ3) is 2.48. The summed E-state index contributed by atoms with van der Waals surface area (Å²) >= 11 is 0. The maximum absolute atomic E-state index is 10.8. The predicted molar refractivity (Wildman–Crippen MR) is 48.6 cm³/mol. The molecule has 0 spiro atoms. The van der Waals surface area contributed by atoms with E-state index in [-0.39, 0.29) is 5.91 Å². The number of hydrogen-bond donors (Lipinski definition) is 2. The van der Waals surface area contributed by atoms with E-state index in [1.54, 1.807) is 6.92 Å². The zero-order valence-corrected chi connectivity index (χ0v) is 7.68. The van der Waals surface area contributed by atoms with Gasteiger partial charge in [0.15, 0.2) is 0 Å². The Labute approximate surface area is 73.7 Å². The molecule has 12 heavy (non-hydrogen) atoms. The van der Waals surface area contributed by atoms with Crippen LogP contribution in [0.25, 0.3) is 0 Å². The summed E-state index contributed by atoms with van der Waals surface area (Å²) in [6, 6.07) is 0.334. The van der Waals surface area contributed by atoms with E-state index in [9.17, 15) is 4.79 Å². The number of carbonyl (C=O) groups excluding carboxylic acids is 1. The number of carbonyl (C=O) groups is 1. The van der Waals surface area contributed by atoms with Gasteiger partial charge in [-0.05, 0) is 25.3 Å². The van der Waals surface area contributed by atoms with Crippen molar-refractivity contribution in [2.45, 2.75) is 38.6 Å². The molecular formula is C9H18N2O. The lowest BCUT2D eigenvalue weighted by Gasteiger charge is -2.30. The second-order valence-corrected chi connectivity index (χ2v) is 3.59.